The van der Waals surface area contributed by atoms with Crippen molar-refractivity contribution in [2.45, 2.75) is 38.8 Å². The van der Waals surface area contributed by atoms with Gasteiger partial charge in [-0.25, -0.2) is 0 Å². The van der Waals surface area contributed by atoms with E-state index in [9.17, 15) is 0 Å². The van der Waals surface area contributed by atoms with Crippen molar-refractivity contribution in [3.63, 3.8) is 0 Å². The van der Waals surface area contributed by atoms with Crippen LogP contribution in [0.15, 0.2) is 0 Å². The van der Waals surface area contributed by atoms with Crippen molar-refractivity contribution in [1.29, 1.82) is 5.26 Å². The maximum Gasteiger partial charge on any atom is 0.0946 e. The first-order chi connectivity index (χ1) is 5.93. The second-order valence-corrected chi connectivity index (χ2v) is 4.00. The van der Waals surface area contributed by atoms with Crippen molar-refractivity contribution in [3.05, 3.63) is 0 Å². The maximum absolute atomic E-state index is 8.67. The fraction of sp³-hybridized carbons (Fsp3) is 0.900. The lowest BCUT2D eigenvalue weighted by Gasteiger charge is -2.27. The van der Waals surface area contributed by atoms with E-state index >= 15 is 0 Å². The summed E-state index contributed by atoms with van der Waals surface area (Å²) in [6.07, 6.45) is 0.937. The summed E-state index contributed by atoms with van der Waals surface area (Å²) in [5.41, 5.74) is -0.0938. The monoisotopic (exact) mass is 184 g/mol. The van der Waals surface area contributed by atoms with Gasteiger partial charge in [0.15, 0.2) is 0 Å². The molecule has 0 aliphatic carbocycles. The average molecular weight is 184 g/mol. The van der Waals surface area contributed by atoms with Crippen LogP contribution in [0.5, 0.6) is 0 Å². The molecule has 0 aromatic heterocycles. The lowest BCUT2D eigenvalue weighted by molar-refractivity contribution is 0.00817. The zero-order valence-corrected chi connectivity index (χ0v) is 9.29. The molecular formula is C10H20N2O. The van der Waals surface area contributed by atoms with E-state index in [0.717, 1.165) is 13.0 Å². The fourth-order valence-electron chi connectivity index (χ4n) is 0.840. The topological polar surface area (TPSA) is 36.3 Å². The molecule has 0 aromatic rings. The van der Waals surface area contributed by atoms with Gasteiger partial charge in [0.1, 0.15) is 0 Å². The largest absolute Gasteiger partial charge is 0.379 e. The number of hydrogen-bond donors (Lipinski definition) is 0. The molecule has 13 heavy (non-hydrogen) atoms. The Hall–Kier alpha value is -0.590. The van der Waals surface area contributed by atoms with E-state index in [0.29, 0.717) is 0 Å². The van der Waals surface area contributed by atoms with Gasteiger partial charge in [0.05, 0.1) is 17.7 Å². The number of nitrogens with zero attached hydrogens (tertiary/aromatic N) is 2. The van der Waals surface area contributed by atoms with Crippen LogP contribution in [-0.2, 0) is 4.74 Å². The van der Waals surface area contributed by atoms with Gasteiger partial charge in [-0.3, -0.25) is 4.90 Å². The Labute approximate surface area is 81.3 Å². The number of hydrogen-bond acceptors (Lipinski definition) is 3. The van der Waals surface area contributed by atoms with Crippen LogP contribution in [-0.4, -0.2) is 37.2 Å². The Morgan fingerprint density at radius 1 is 1.54 bits per heavy atom. The van der Waals surface area contributed by atoms with Crippen molar-refractivity contribution in [1.82, 2.24) is 4.90 Å². The van der Waals surface area contributed by atoms with Crippen LogP contribution in [0.4, 0.5) is 0 Å². The zero-order chi connectivity index (χ0) is 10.5. The molecule has 1 unspecified atom stereocenters. The SMILES string of the molecule is COC(C)(C)CCN(C)C(C)C#N. The molecule has 76 valence electrons. The standard InChI is InChI=1S/C10H20N2O/c1-9(8-11)12(4)7-6-10(2,3)13-5/h9H,6-7H2,1-5H3. The van der Waals surface area contributed by atoms with Gasteiger partial charge in [0.2, 0.25) is 0 Å². The molecule has 1 atom stereocenters. The Kier molecular flexibility index (Phi) is 4.97. The Morgan fingerprint density at radius 2 is 2.08 bits per heavy atom. The molecule has 0 fully saturated rings. The maximum atomic E-state index is 8.67. The molecule has 3 nitrogen and oxygen atoms in total. The minimum Gasteiger partial charge on any atom is -0.379 e. The summed E-state index contributed by atoms with van der Waals surface area (Å²) in [4.78, 5) is 2.03. The highest BCUT2D eigenvalue weighted by molar-refractivity contribution is 4.87. The molecule has 0 saturated heterocycles. The molecule has 0 aliphatic heterocycles. The molecule has 0 aliphatic rings. The molecule has 0 heterocycles. The van der Waals surface area contributed by atoms with E-state index in [1.54, 1.807) is 7.11 Å². The van der Waals surface area contributed by atoms with Crippen molar-refractivity contribution in [3.8, 4) is 6.07 Å². The summed E-state index contributed by atoms with van der Waals surface area (Å²) >= 11 is 0. The Balaban J connectivity index is 3.84. The molecular weight excluding hydrogens is 164 g/mol. The second kappa shape index (κ2) is 5.21. The van der Waals surface area contributed by atoms with Crippen LogP contribution >= 0.6 is 0 Å². The first-order valence-corrected chi connectivity index (χ1v) is 4.58. The van der Waals surface area contributed by atoms with Crippen LogP contribution in [0.3, 0.4) is 0 Å². The Bertz CT molecular complexity index is 184. The van der Waals surface area contributed by atoms with E-state index in [4.69, 9.17) is 10.00 Å². The van der Waals surface area contributed by atoms with E-state index in [1.807, 2.05) is 18.9 Å². The van der Waals surface area contributed by atoms with Gasteiger partial charge < -0.3 is 4.74 Å². The van der Waals surface area contributed by atoms with Crippen molar-refractivity contribution in [2.75, 3.05) is 20.7 Å². The normalized spacial score (nSPS) is 14.2. The molecule has 0 amide bonds. The number of rotatable bonds is 5. The third-order valence-electron chi connectivity index (χ3n) is 2.47. The van der Waals surface area contributed by atoms with Gasteiger partial charge in [-0.15, -0.1) is 0 Å². The zero-order valence-electron chi connectivity index (χ0n) is 9.29. The lowest BCUT2D eigenvalue weighted by atomic mass is 10.0. The Morgan fingerprint density at radius 3 is 2.46 bits per heavy atom. The number of nitriles is 1. The van der Waals surface area contributed by atoms with E-state index < -0.39 is 0 Å². The summed E-state index contributed by atoms with van der Waals surface area (Å²) in [7, 11) is 3.67. The molecule has 0 rings (SSSR count). The third-order valence-corrected chi connectivity index (χ3v) is 2.47. The first-order valence-electron chi connectivity index (χ1n) is 4.58. The smallest absolute Gasteiger partial charge is 0.0946 e. The van der Waals surface area contributed by atoms with Gasteiger partial charge in [0.25, 0.3) is 0 Å². The minimum absolute atomic E-state index is 0.0207. The van der Waals surface area contributed by atoms with Gasteiger partial charge in [-0.1, -0.05) is 0 Å². The highest BCUT2D eigenvalue weighted by Gasteiger charge is 2.18. The molecule has 0 radical (unpaired) electrons. The average Bonchev–Trinajstić information content (AvgIpc) is 2.13. The molecule has 3 heteroatoms. The van der Waals surface area contributed by atoms with E-state index in [-0.39, 0.29) is 11.6 Å². The van der Waals surface area contributed by atoms with Crippen molar-refractivity contribution in [2.24, 2.45) is 0 Å². The van der Waals surface area contributed by atoms with Crippen LogP contribution < -0.4 is 0 Å². The van der Waals surface area contributed by atoms with Gasteiger partial charge in [0, 0.05) is 13.7 Å². The lowest BCUT2D eigenvalue weighted by Crippen LogP contribution is -2.34. The predicted molar refractivity (Wildman–Crippen MR) is 53.4 cm³/mol. The molecule has 0 N–H and O–H groups in total. The summed E-state index contributed by atoms with van der Waals surface area (Å²) in [5.74, 6) is 0. The van der Waals surface area contributed by atoms with E-state index in [2.05, 4.69) is 19.9 Å². The second-order valence-electron chi connectivity index (χ2n) is 4.00. The highest BCUT2D eigenvalue weighted by Crippen LogP contribution is 2.13. The molecule has 0 aromatic carbocycles. The summed E-state index contributed by atoms with van der Waals surface area (Å²) in [5, 5.41) is 8.67. The molecule has 0 saturated carbocycles. The van der Waals surface area contributed by atoms with Crippen LogP contribution in [0.1, 0.15) is 27.2 Å². The van der Waals surface area contributed by atoms with Crippen LogP contribution in [0, 0.1) is 11.3 Å². The summed E-state index contributed by atoms with van der Waals surface area (Å²) < 4.78 is 5.29. The minimum atomic E-state index is -0.0938. The fourth-order valence-corrected chi connectivity index (χ4v) is 0.840. The van der Waals surface area contributed by atoms with Crippen LogP contribution in [0.25, 0.3) is 0 Å². The summed E-state index contributed by atoms with van der Waals surface area (Å²) in [6, 6.07) is 2.18. The summed E-state index contributed by atoms with van der Waals surface area (Å²) in [6.45, 7) is 6.89. The predicted octanol–water partition coefficient (Wildman–Crippen LogP) is 1.65. The molecule has 0 bridgehead atoms. The van der Waals surface area contributed by atoms with Gasteiger partial charge in [-0.2, -0.15) is 5.26 Å². The number of ether oxygens (including phenoxy) is 1. The number of methoxy groups -OCH3 is 1. The first kappa shape index (κ1) is 12.4. The quantitative estimate of drug-likeness (QED) is 0.651. The third kappa shape index (κ3) is 4.87. The van der Waals surface area contributed by atoms with Crippen molar-refractivity contribution >= 4 is 0 Å². The van der Waals surface area contributed by atoms with E-state index in [1.165, 1.54) is 0 Å². The van der Waals surface area contributed by atoms with Gasteiger partial charge in [-0.05, 0) is 34.2 Å². The van der Waals surface area contributed by atoms with Crippen molar-refractivity contribution < 1.29 is 4.74 Å². The van der Waals surface area contributed by atoms with Gasteiger partial charge >= 0.3 is 0 Å². The molecule has 0 spiro atoms. The van der Waals surface area contributed by atoms with Crippen LogP contribution in [0.2, 0.25) is 0 Å². The highest BCUT2D eigenvalue weighted by atomic mass is 16.5.